The van der Waals surface area contributed by atoms with Crippen molar-refractivity contribution in [3.05, 3.63) is 0 Å². The van der Waals surface area contributed by atoms with Crippen LogP contribution in [0.15, 0.2) is 0 Å². The van der Waals surface area contributed by atoms with Gasteiger partial charge in [0.15, 0.2) is 0 Å². The molecule has 0 amide bonds. The van der Waals surface area contributed by atoms with Crippen LogP contribution in [0.5, 0.6) is 0 Å². The maximum Gasteiger partial charge on any atom is 0.308 e. The molecular weight excluding hydrogens is 266 g/mol. The van der Waals surface area contributed by atoms with Crippen molar-refractivity contribution in [1.82, 2.24) is 0 Å². The van der Waals surface area contributed by atoms with Crippen LogP contribution in [0.4, 0.5) is 0 Å². The van der Waals surface area contributed by atoms with E-state index in [1.807, 2.05) is 0 Å². The fraction of sp³-hybridized carbons (Fsp3) is 0.875. The van der Waals surface area contributed by atoms with E-state index in [9.17, 15) is 4.79 Å². The third-order valence-electron chi connectivity index (χ3n) is 2.36. The van der Waals surface area contributed by atoms with Crippen LogP contribution >= 0.6 is 34.8 Å². The number of alkyl halides is 3. The van der Waals surface area contributed by atoms with Crippen molar-refractivity contribution in [2.24, 2.45) is 0 Å². The van der Waals surface area contributed by atoms with Gasteiger partial charge in [0.1, 0.15) is 18.3 Å². The van der Waals surface area contributed by atoms with Crippen molar-refractivity contribution in [3.8, 4) is 0 Å². The molecule has 2 aliphatic rings. The second-order valence-electron chi connectivity index (χ2n) is 3.55. The van der Waals surface area contributed by atoms with Crippen LogP contribution in [0.3, 0.4) is 0 Å². The molecule has 4 atom stereocenters. The predicted molar refractivity (Wildman–Crippen MR) is 54.0 cm³/mol. The highest BCUT2D eigenvalue weighted by molar-refractivity contribution is 6.67. The molecule has 0 radical (unpaired) electrons. The Hall–Kier alpha value is 0.260. The topological polar surface area (TPSA) is 44.8 Å². The molecule has 86 valence electrons. The minimum absolute atomic E-state index is 0.131. The highest BCUT2D eigenvalue weighted by atomic mass is 35.6. The Morgan fingerprint density at radius 1 is 1.33 bits per heavy atom. The average Bonchev–Trinajstić information content (AvgIpc) is 2.46. The number of cyclic esters (lactones) is 1. The maximum absolute atomic E-state index is 11.1. The monoisotopic (exact) mass is 274 g/mol. The molecule has 0 aromatic carbocycles. The zero-order valence-electron chi connectivity index (χ0n) is 7.78. The molecule has 4 nitrogen and oxygen atoms in total. The first kappa shape index (κ1) is 11.7. The lowest BCUT2D eigenvalue weighted by Gasteiger charge is -2.27. The summed E-state index contributed by atoms with van der Waals surface area (Å²) in [5.74, 6) is -0.322. The summed E-state index contributed by atoms with van der Waals surface area (Å²) in [6.45, 7) is 1.72. The number of hydrogen-bond acceptors (Lipinski definition) is 4. The van der Waals surface area contributed by atoms with Gasteiger partial charge in [0.2, 0.25) is 10.1 Å². The molecule has 0 aromatic heterocycles. The molecule has 7 heteroatoms. The number of ether oxygens (including phenoxy) is 3. The van der Waals surface area contributed by atoms with E-state index >= 15 is 0 Å². The summed E-state index contributed by atoms with van der Waals surface area (Å²) in [6.07, 6.45) is -1.94. The molecule has 0 spiro atoms. The van der Waals surface area contributed by atoms with E-state index in [0.717, 1.165) is 0 Å². The SMILES string of the molecule is C[C@H]1OC(=O)C[C@@H]2O[C@@H](C(Cl)(Cl)Cl)O[C@@H]21. The largest absolute Gasteiger partial charge is 0.460 e. The van der Waals surface area contributed by atoms with Gasteiger partial charge in [-0.15, -0.1) is 0 Å². The molecule has 2 aliphatic heterocycles. The predicted octanol–water partition coefficient (Wildman–Crippen LogP) is 1.80. The van der Waals surface area contributed by atoms with E-state index in [1.54, 1.807) is 6.92 Å². The molecule has 2 rings (SSSR count). The van der Waals surface area contributed by atoms with Crippen molar-refractivity contribution in [2.45, 2.75) is 41.7 Å². The van der Waals surface area contributed by atoms with Gasteiger partial charge in [-0.25, -0.2) is 0 Å². The van der Waals surface area contributed by atoms with Crippen LogP contribution in [-0.4, -0.2) is 34.4 Å². The highest BCUT2D eigenvalue weighted by Gasteiger charge is 2.51. The van der Waals surface area contributed by atoms with Gasteiger partial charge in [0, 0.05) is 0 Å². The van der Waals surface area contributed by atoms with Gasteiger partial charge in [0.05, 0.1) is 6.42 Å². The van der Waals surface area contributed by atoms with E-state index < -0.39 is 10.1 Å². The van der Waals surface area contributed by atoms with Crippen LogP contribution < -0.4 is 0 Å². The summed E-state index contributed by atoms with van der Waals surface area (Å²) in [6, 6.07) is 0. The van der Waals surface area contributed by atoms with E-state index in [2.05, 4.69) is 0 Å². The van der Waals surface area contributed by atoms with Gasteiger partial charge in [-0.3, -0.25) is 4.79 Å². The number of hydrogen-bond donors (Lipinski definition) is 0. The number of carbonyl (C=O) groups is 1. The molecule has 0 aromatic rings. The molecule has 0 N–H and O–H groups in total. The van der Waals surface area contributed by atoms with Crippen molar-refractivity contribution in [1.29, 1.82) is 0 Å². The minimum atomic E-state index is -1.65. The van der Waals surface area contributed by atoms with Crippen molar-refractivity contribution in [2.75, 3.05) is 0 Å². The van der Waals surface area contributed by atoms with Gasteiger partial charge < -0.3 is 14.2 Å². The number of rotatable bonds is 0. The second-order valence-corrected chi connectivity index (χ2v) is 5.92. The van der Waals surface area contributed by atoms with Crippen LogP contribution in [0, 0.1) is 0 Å². The van der Waals surface area contributed by atoms with Crippen molar-refractivity contribution >= 4 is 40.8 Å². The van der Waals surface area contributed by atoms with Crippen LogP contribution in [-0.2, 0) is 19.0 Å². The third-order valence-corrected chi connectivity index (χ3v) is 2.90. The summed E-state index contributed by atoms with van der Waals surface area (Å²) in [4.78, 5) is 11.1. The Bertz CT molecular complexity index is 278. The minimum Gasteiger partial charge on any atom is -0.460 e. The Morgan fingerprint density at radius 2 is 2.00 bits per heavy atom. The Labute approximate surface area is 102 Å². The molecule has 0 bridgehead atoms. The first-order valence-corrected chi connectivity index (χ1v) is 5.58. The lowest BCUT2D eigenvalue weighted by molar-refractivity contribution is -0.164. The number of esters is 1. The van der Waals surface area contributed by atoms with Crippen LogP contribution in [0.1, 0.15) is 13.3 Å². The maximum atomic E-state index is 11.1. The van der Waals surface area contributed by atoms with Crippen molar-refractivity contribution < 1.29 is 19.0 Å². The Balaban J connectivity index is 2.09. The molecule has 2 heterocycles. The van der Waals surface area contributed by atoms with Gasteiger partial charge in [0.25, 0.3) is 0 Å². The summed E-state index contributed by atoms with van der Waals surface area (Å²) in [7, 11) is 0. The van der Waals surface area contributed by atoms with Gasteiger partial charge in [-0.1, -0.05) is 34.8 Å². The average molecular weight is 276 g/mol. The molecule has 2 fully saturated rings. The standard InChI is InChI=1S/C8H9Cl3O4/c1-3-6-4(2-5(12)13-3)14-7(15-6)8(9,10)11/h3-4,6-7H,2H2,1H3/t3-,4+,6-,7-/m1/s1. The molecule has 15 heavy (non-hydrogen) atoms. The molecule has 0 aliphatic carbocycles. The summed E-state index contributed by atoms with van der Waals surface area (Å²) in [5, 5.41) is 0. The first-order chi connectivity index (χ1) is 6.88. The lowest BCUT2D eigenvalue weighted by Crippen LogP contribution is -2.43. The van der Waals surface area contributed by atoms with Gasteiger partial charge in [-0.05, 0) is 6.92 Å². The zero-order valence-corrected chi connectivity index (χ0v) is 10.1. The fourth-order valence-corrected chi connectivity index (χ4v) is 2.03. The third kappa shape index (κ3) is 2.34. The highest BCUT2D eigenvalue weighted by Crippen LogP contribution is 2.41. The normalized spacial score (nSPS) is 41.2. The second kappa shape index (κ2) is 3.93. The number of fused-ring (bicyclic) bond motifs is 1. The molecule has 0 saturated carbocycles. The van der Waals surface area contributed by atoms with Gasteiger partial charge >= 0.3 is 5.97 Å². The summed E-state index contributed by atoms with van der Waals surface area (Å²) < 4.78 is 14.1. The van der Waals surface area contributed by atoms with E-state index in [-0.39, 0.29) is 30.7 Å². The number of carbonyl (C=O) groups excluding carboxylic acids is 1. The lowest BCUT2D eigenvalue weighted by atomic mass is 10.0. The van der Waals surface area contributed by atoms with E-state index in [0.29, 0.717) is 0 Å². The molecular formula is C8H9Cl3O4. The van der Waals surface area contributed by atoms with Crippen molar-refractivity contribution in [3.63, 3.8) is 0 Å². The van der Waals surface area contributed by atoms with Crippen LogP contribution in [0.2, 0.25) is 0 Å². The Morgan fingerprint density at radius 3 is 2.60 bits per heavy atom. The fourth-order valence-electron chi connectivity index (χ4n) is 1.72. The quantitative estimate of drug-likeness (QED) is 0.499. The van der Waals surface area contributed by atoms with Gasteiger partial charge in [-0.2, -0.15) is 0 Å². The molecule has 0 unspecified atom stereocenters. The Kier molecular flexibility index (Phi) is 3.07. The molecule has 2 saturated heterocycles. The van der Waals surface area contributed by atoms with E-state index in [4.69, 9.17) is 49.0 Å². The summed E-state index contributed by atoms with van der Waals surface area (Å²) in [5.41, 5.74) is 0. The number of halogens is 3. The summed E-state index contributed by atoms with van der Waals surface area (Å²) >= 11 is 16.9. The first-order valence-electron chi connectivity index (χ1n) is 4.45. The smallest absolute Gasteiger partial charge is 0.308 e. The van der Waals surface area contributed by atoms with Crippen LogP contribution in [0.25, 0.3) is 0 Å². The zero-order chi connectivity index (χ0) is 11.2. The van der Waals surface area contributed by atoms with E-state index in [1.165, 1.54) is 0 Å².